The predicted molar refractivity (Wildman–Crippen MR) is 101 cm³/mol. The first-order chi connectivity index (χ1) is 12.7. The van der Waals surface area contributed by atoms with Gasteiger partial charge in [0.15, 0.2) is 0 Å². The van der Waals surface area contributed by atoms with Gasteiger partial charge in [-0.15, -0.1) is 11.3 Å². The largest absolute Gasteiger partial charge is 0.319 e. The van der Waals surface area contributed by atoms with E-state index in [0.29, 0.717) is 11.3 Å². The molecule has 4 aromatic rings. The summed E-state index contributed by atoms with van der Waals surface area (Å²) in [6, 6.07) is 19.4. The summed E-state index contributed by atoms with van der Waals surface area (Å²) < 4.78 is 15.5. The molecule has 0 aliphatic carbocycles. The lowest BCUT2D eigenvalue weighted by Gasteiger charge is -2.05. The van der Waals surface area contributed by atoms with Crippen LogP contribution in [0.4, 0.5) is 10.1 Å². The molecule has 0 unspecified atom stereocenters. The van der Waals surface area contributed by atoms with Crippen LogP contribution in [0.1, 0.15) is 10.4 Å². The maximum Gasteiger partial charge on any atom is 0.259 e. The number of carbonyl (C=O) groups excluding carboxylic acids is 1. The topological polar surface area (TPSA) is 46.9 Å². The molecule has 4 rings (SSSR count). The third kappa shape index (κ3) is 3.14. The van der Waals surface area contributed by atoms with Crippen molar-refractivity contribution in [3.8, 4) is 16.3 Å². The lowest BCUT2D eigenvalue weighted by Crippen LogP contribution is -2.13. The molecule has 2 heterocycles. The van der Waals surface area contributed by atoms with Crippen molar-refractivity contribution in [2.45, 2.75) is 0 Å². The summed E-state index contributed by atoms with van der Waals surface area (Å²) in [6.45, 7) is 0. The van der Waals surface area contributed by atoms with Crippen molar-refractivity contribution < 1.29 is 9.18 Å². The van der Waals surface area contributed by atoms with Crippen LogP contribution in [0, 0.1) is 5.82 Å². The molecular formula is C20H14FN3OS. The quantitative estimate of drug-likeness (QED) is 0.555. The number of hydrogen-bond donors (Lipinski definition) is 1. The Bertz CT molecular complexity index is 1040. The van der Waals surface area contributed by atoms with Gasteiger partial charge in [-0.2, -0.15) is 5.10 Å². The fourth-order valence-electron chi connectivity index (χ4n) is 2.60. The van der Waals surface area contributed by atoms with Crippen molar-refractivity contribution in [1.29, 1.82) is 0 Å². The van der Waals surface area contributed by atoms with Gasteiger partial charge in [-0.05, 0) is 35.7 Å². The molecule has 128 valence electrons. The highest BCUT2D eigenvalue weighted by atomic mass is 32.1. The Kier molecular flexibility index (Phi) is 4.33. The summed E-state index contributed by atoms with van der Waals surface area (Å²) in [4.78, 5) is 13.7. The molecule has 0 spiro atoms. The van der Waals surface area contributed by atoms with Gasteiger partial charge >= 0.3 is 0 Å². The van der Waals surface area contributed by atoms with E-state index < -0.39 is 11.7 Å². The lowest BCUT2D eigenvalue weighted by molar-refractivity contribution is 0.102. The highest BCUT2D eigenvalue weighted by Crippen LogP contribution is 2.28. The number of para-hydroxylation sites is 2. The average Bonchev–Trinajstić information content (AvgIpc) is 3.34. The van der Waals surface area contributed by atoms with Crippen LogP contribution in [0.3, 0.4) is 0 Å². The minimum absolute atomic E-state index is 0.141. The number of hydrogen-bond acceptors (Lipinski definition) is 3. The van der Waals surface area contributed by atoms with Gasteiger partial charge < -0.3 is 5.32 Å². The van der Waals surface area contributed by atoms with Crippen molar-refractivity contribution in [2.75, 3.05) is 5.32 Å². The summed E-state index contributed by atoms with van der Waals surface area (Å²) in [7, 11) is 0. The van der Waals surface area contributed by atoms with Gasteiger partial charge in [-0.1, -0.05) is 36.4 Å². The summed E-state index contributed by atoms with van der Waals surface area (Å²) in [5.74, 6) is -0.880. The molecule has 0 bridgehead atoms. The monoisotopic (exact) mass is 363 g/mol. The first-order valence-electron chi connectivity index (χ1n) is 7.97. The van der Waals surface area contributed by atoms with Crippen molar-refractivity contribution in [3.63, 3.8) is 0 Å². The highest BCUT2D eigenvalue weighted by molar-refractivity contribution is 7.13. The van der Waals surface area contributed by atoms with Crippen LogP contribution >= 0.6 is 11.3 Å². The van der Waals surface area contributed by atoms with Gasteiger partial charge in [0.1, 0.15) is 11.5 Å². The second-order valence-electron chi connectivity index (χ2n) is 5.58. The Morgan fingerprint density at radius 2 is 1.77 bits per heavy atom. The molecule has 1 amide bonds. The molecule has 6 heteroatoms. The molecule has 26 heavy (non-hydrogen) atoms. The number of benzene rings is 2. The van der Waals surface area contributed by atoms with E-state index in [2.05, 4.69) is 10.4 Å². The first kappa shape index (κ1) is 16.2. The smallest absolute Gasteiger partial charge is 0.259 e. The van der Waals surface area contributed by atoms with E-state index in [1.54, 1.807) is 23.0 Å². The second-order valence-corrected chi connectivity index (χ2v) is 6.53. The summed E-state index contributed by atoms with van der Waals surface area (Å²) in [5.41, 5.74) is 1.94. The number of anilines is 1. The summed E-state index contributed by atoms with van der Waals surface area (Å²) in [6.07, 6.45) is 1.67. The van der Waals surface area contributed by atoms with Gasteiger partial charge in [-0.3, -0.25) is 4.79 Å². The molecule has 4 nitrogen and oxygen atoms in total. The summed E-state index contributed by atoms with van der Waals surface area (Å²) in [5, 5.41) is 9.14. The fourth-order valence-corrected chi connectivity index (χ4v) is 3.32. The van der Waals surface area contributed by atoms with Gasteiger partial charge in [0, 0.05) is 6.20 Å². The van der Waals surface area contributed by atoms with E-state index in [4.69, 9.17) is 0 Å². The zero-order valence-electron chi connectivity index (χ0n) is 13.6. The molecule has 0 saturated heterocycles. The van der Waals surface area contributed by atoms with E-state index in [-0.39, 0.29) is 5.69 Å². The first-order valence-corrected chi connectivity index (χ1v) is 8.85. The van der Waals surface area contributed by atoms with E-state index in [0.717, 1.165) is 10.6 Å². The van der Waals surface area contributed by atoms with Crippen LogP contribution in [-0.4, -0.2) is 15.7 Å². The van der Waals surface area contributed by atoms with Gasteiger partial charge in [0.05, 0.1) is 21.8 Å². The van der Waals surface area contributed by atoms with Gasteiger partial charge in [0.2, 0.25) is 0 Å². The minimum atomic E-state index is -0.478. The molecule has 0 aliphatic rings. The van der Waals surface area contributed by atoms with Crippen molar-refractivity contribution in [1.82, 2.24) is 9.78 Å². The lowest BCUT2D eigenvalue weighted by atomic mass is 10.2. The second kappa shape index (κ2) is 6.93. The molecule has 0 fully saturated rings. The maximum atomic E-state index is 13.9. The SMILES string of the molecule is O=C(Nc1ccccc1F)c1cn(-c2ccccc2)nc1-c1cccs1. The van der Waals surface area contributed by atoms with Crippen LogP contribution < -0.4 is 5.32 Å². The standard InChI is InChI=1S/C20H14FN3OS/c21-16-9-4-5-10-17(16)22-20(25)15-13-24(14-7-2-1-3-8-14)23-19(15)18-11-6-12-26-18/h1-13H,(H,22,25). The predicted octanol–water partition coefficient (Wildman–Crippen LogP) is 4.99. The molecule has 0 radical (unpaired) electrons. The number of rotatable bonds is 4. The van der Waals surface area contributed by atoms with Crippen molar-refractivity contribution in [3.05, 3.63) is 89.7 Å². The summed E-state index contributed by atoms with van der Waals surface area (Å²) >= 11 is 1.50. The van der Waals surface area contributed by atoms with Crippen LogP contribution in [-0.2, 0) is 0 Å². The fraction of sp³-hybridized carbons (Fsp3) is 0. The number of halogens is 1. The number of thiophene rings is 1. The van der Waals surface area contributed by atoms with Gasteiger partial charge in [0.25, 0.3) is 5.91 Å². The molecule has 0 atom stereocenters. The minimum Gasteiger partial charge on any atom is -0.319 e. The van der Waals surface area contributed by atoms with Crippen LogP contribution in [0.25, 0.3) is 16.3 Å². The van der Waals surface area contributed by atoms with Crippen LogP contribution in [0.5, 0.6) is 0 Å². The number of nitrogens with one attached hydrogen (secondary N) is 1. The number of carbonyl (C=O) groups is 1. The maximum absolute atomic E-state index is 13.9. The van der Waals surface area contributed by atoms with Crippen LogP contribution in [0.2, 0.25) is 0 Å². The third-order valence-corrected chi connectivity index (χ3v) is 4.73. The Hall–Kier alpha value is -3.25. The van der Waals surface area contributed by atoms with E-state index >= 15 is 0 Å². The number of nitrogens with zero attached hydrogens (tertiary/aromatic N) is 2. The Morgan fingerprint density at radius 1 is 1.00 bits per heavy atom. The zero-order valence-corrected chi connectivity index (χ0v) is 14.4. The van der Waals surface area contributed by atoms with Crippen molar-refractivity contribution in [2.24, 2.45) is 0 Å². The zero-order chi connectivity index (χ0) is 17.9. The normalized spacial score (nSPS) is 10.7. The Balaban J connectivity index is 1.75. The molecule has 2 aromatic heterocycles. The van der Waals surface area contributed by atoms with E-state index in [9.17, 15) is 9.18 Å². The van der Waals surface area contributed by atoms with Crippen LogP contribution in [0.15, 0.2) is 78.3 Å². The molecular weight excluding hydrogens is 349 g/mol. The molecule has 0 aliphatic heterocycles. The molecule has 0 saturated carbocycles. The Labute approximate surface area is 153 Å². The molecule has 2 aromatic carbocycles. The third-order valence-electron chi connectivity index (χ3n) is 3.86. The van der Waals surface area contributed by atoms with Gasteiger partial charge in [-0.25, -0.2) is 9.07 Å². The number of aromatic nitrogens is 2. The number of amides is 1. The highest BCUT2D eigenvalue weighted by Gasteiger charge is 2.20. The van der Waals surface area contributed by atoms with E-state index in [1.165, 1.54) is 23.5 Å². The Morgan fingerprint density at radius 3 is 2.50 bits per heavy atom. The average molecular weight is 363 g/mol. The van der Waals surface area contributed by atoms with E-state index in [1.807, 2.05) is 47.8 Å². The van der Waals surface area contributed by atoms with Crippen molar-refractivity contribution >= 4 is 22.9 Å². The molecule has 1 N–H and O–H groups in total.